The molecule has 0 heterocycles. The lowest BCUT2D eigenvalue weighted by molar-refractivity contribution is 0.714. The molecule has 11 aromatic rings. The van der Waals surface area contributed by atoms with Gasteiger partial charge in [0.05, 0.1) is 5.41 Å². The van der Waals surface area contributed by atoms with E-state index in [9.17, 15) is 0 Å². The lowest BCUT2D eigenvalue weighted by Gasteiger charge is -2.34. The number of hydrogen-bond donors (Lipinski definition) is 0. The normalized spacial score (nSPS) is 15.0. The van der Waals surface area contributed by atoms with E-state index >= 15 is 0 Å². The Morgan fingerprint density at radius 2 is 0.735 bits per heavy atom. The smallest absolute Gasteiger partial charge is 0.0713 e. The molecule has 13 rings (SSSR count). The predicted molar refractivity (Wildman–Crippen MR) is 284 cm³/mol. The minimum Gasteiger partial charge on any atom is -0.310 e. The average Bonchev–Trinajstić information content (AvgIpc) is 3.86. The van der Waals surface area contributed by atoms with Gasteiger partial charge in [0.2, 0.25) is 0 Å². The Bertz CT molecular complexity index is 3620. The van der Waals surface area contributed by atoms with Crippen LogP contribution < -0.4 is 4.90 Å². The summed E-state index contributed by atoms with van der Waals surface area (Å²) in [6, 6.07) is 98.9. The Kier molecular flexibility index (Phi) is 9.27. The number of benzene rings is 11. The zero-order chi connectivity index (χ0) is 45.2. The lowest BCUT2D eigenvalue weighted by atomic mass is 9.67. The Morgan fingerprint density at radius 3 is 1.41 bits per heavy atom. The minimum atomic E-state index is -0.457. The Hall–Kier alpha value is -8.52. The average molecular weight is 866 g/mol. The molecule has 0 saturated carbocycles. The van der Waals surface area contributed by atoms with Crippen LogP contribution in [0.3, 0.4) is 0 Å². The molecule has 1 nitrogen and oxygen atoms in total. The summed E-state index contributed by atoms with van der Waals surface area (Å²) in [5.74, 6) is 0. The third-order valence-corrected chi connectivity index (χ3v) is 15.1. The maximum atomic E-state index is 2.46. The van der Waals surface area contributed by atoms with Crippen LogP contribution >= 0.6 is 0 Å². The van der Waals surface area contributed by atoms with Gasteiger partial charge in [-0.05, 0) is 144 Å². The quantitative estimate of drug-likeness (QED) is 0.147. The number of rotatable bonds is 8. The molecular formula is C67H47N. The second kappa shape index (κ2) is 15.8. The molecular weight excluding hydrogens is 819 g/mol. The van der Waals surface area contributed by atoms with Gasteiger partial charge in [0.15, 0.2) is 0 Å². The molecule has 1 unspecified atom stereocenters. The van der Waals surface area contributed by atoms with Crippen molar-refractivity contribution in [3.05, 3.63) is 306 Å². The van der Waals surface area contributed by atoms with Crippen LogP contribution in [0.2, 0.25) is 0 Å². The summed E-state index contributed by atoms with van der Waals surface area (Å²) in [5.41, 5.74) is 21.6. The molecule has 0 radical (unpaired) electrons. The Morgan fingerprint density at radius 1 is 0.279 bits per heavy atom. The molecule has 1 atom stereocenters. The SMILES string of the molecule is CC1(c2ccccc2)c2ccccc2-c2ccc(N(c3ccc(-c4ccc5c(c4)C(c4ccccc4)(c4ccccc4)c4ccccc4-5)cc3)c3ccc(-c4cccc5ccccc45)cc3)cc21. The van der Waals surface area contributed by atoms with E-state index in [1.54, 1.807) is 0 Å². The molecule has 68 heavy (non-hydrogen) atoms. The second-order valence-corrected chi connectivity index (χ2v) is 18.5. The van der Waals surface area contributed by atoms with E-state index in [0.29, 0.717) is 0 Å². The first kappa shape index (κ1) is 39.8. The van der Waals surface area contributed by atoms with Crippen LogP contribution in [0, 0.1) is 0 Å². The number of fused-ring (bicyclic) bond motifs is 7. The molecule has 0 aromatic heterocycles. The van der Waals surface area contributed by atoms with Crippen molar-refractivity contribution < 1.29 is 0 Å². The van der Waals surface area contributed by atoms with E-state index < -0.39 is 5.41 Å². The van der Waals surface area contributed by atoms with Crippen molar-refractivity contribution in [1.29, 1.82) is 0 Å². The maximum absolute atomic E-state index is 2.46. The fourth-order valence-electron chi connectivity index (χ4n) is 11.8. The van der Waals surface area contributed by atoms with E-state index in [2.05, 4.69) is 279 Å². The summed E-state index contributed by atoms with van der Waals surface area (Å²) < 4.78 is 0. The van der Waals surface area contributed by atoms with Crippen LogP contribution in [-0.2, 0) is 10.8 Å². The van der Waals surface area contributed by atoms with Crippen molar-refractivity contribution in [3.63, 3.8) is 0 Å². The van der Waals surface area contributed by atoms with Gasteiger partial charge >= 0.3 is 0 Å². The Labute approximate surface area is 398 Å². The van der Waals surface area contributed by atoms with Gasteiger partial charge in [0.1, 0.15) is 0 Å². The van der Waals surface area contributed by atoms with Crippen molar-refractivity contribution in [2.75, 3.05) is 4.90 Å². The van der Waals surface area contributed by atoms with Crippen molar-refractivity contribution >= 4 is 27.8 Å². The molecule has 11 aromatic carbocycles. The Balaban J connectivity index is 0.952. The predicted octanol–water partition coefficient (Wildman–Crippen LogP) is 17.3. The van der Waals surface area contributed by atoms with Crippen molar-refractivity contribution in [2.24, 2.45) is 0 Å². The molecule has 0 aliphatic heterocycles. The van der Waals surface area contributed by atoms with Crippen LogP contribution in [0.25, 0.3) is 55.3 Å². The first-order valence-corrected chi connectivity index (χ1v) is 23.7. The van der Waals surface area contributed by atoms with E-state index in [1.165, 1.54) is 94.2 Å². The first-order valence-electron chi connectivity index (χ1n) is 23.7. The molecule has 0 spiro atoms. The number of hydrogen-bond acceptors (Lipinski definition) is 1. The highest BCUT2D eigenvalue weighted by Crippen LogP contribution is 2.57. The highest BCUT2D eigenvalue weighted by atomic mass is 15.1. The number of nitrogens with zero attached hydrogens (tertiary/aromatic N) is 1. The third-order valence-electron chi connectivity index (χ3n) is 15.1. The summed E-state index contributed by atoms with van der Waals surface area (Å²) in [6.07, 6.45) is 0. The van der Waals surface area contributed by atoms with Gasteiger partial charge in [-0.1, -0.05) is 224 Å². The second-order valence-electron chi connectivity index (χ2n) is 18.5. The summed E-state index contributed by atoms with van der Waals surface area (Å²) in [4.78, 5) is 2.43. The highest BCUT2D eigenvalue weighted by Gasteiger charge is 2.46. The topological polar surface area (TPSA) is 3.24 Å². The van der Waals surface area contributed by atoms with Gasteiger partial charge in [-0.25, -0.2) is 0 Å². The van der Waals surface area contributed by atoms with Gasteiger partial charge in [-0.2, -0.15) is 0 Å². The number of anilines is 3. The van der Waals surface area contributed by atoms with Crippen molar-refractivity contribution in [2.45, 2.75) is 17.8 Å². The monoisotopic (exact) mass is 865 g/mol. The third kappa shape index (κ3) is 6.02. The standard InChI is InChI=1S/C67H47N/c1-66(50-20-5-2-6-21-50)62-30-15-13-27-58(62)60-43-41-55(45-64(60)66)68(54-39-34-48(35-40-54)57-29-17-19-47-18-11-12-26-56(47)57)53-37-32-46(33-38-53)49-36-42-61-59-28-14-16-31-63(59)67(65(61)44-49,51-22-7-3-8-23-51)52-24-9-4-10-25-52/h2-45H,1H3. The maximum Gasteiger partial charge on any atom is 0.0713 e. The molecule has 1 heteroatoms. The van der Waals surface area contributed by atoms with Crippen LogP contribution in [-0.4, -0.2) is 0 Å². The molecule has 0 saturated heterocycles. The zero-order valence-corrected chi connectivity index (χ0v) is 37.9. The van der Waals surface area contributed by atoms with Gasteiger partial charge in [0.25, 0.3) is 0 Å². The summed E-state index contributed by atoms with van der Waals surface area (Å²) in [7, 11) is 0. The van der Waals surface area contributed by atoms with Crippen molar-refractivity contribution in [3.8, 4) is 44.5 Å². The van der Waals surface area contributed by atoms with Crippen molar-refractivity contribution in [1.82, 2.24) is 0 Å². The fraction of sp³-hybridized carbons (Fsp3) is 0.0448. The molecule has 0 N–H and O–H groups in total. The van der Waals surface area contributed by atoms with Gasteiger partial charge in [-0.15, -0.1) is 0 Å². The summed E-state index contributed by atoms with van der Waals surface area (Å²) >= 11 is 0. The highest BCUT2D eigenvalue weighted by molar-refractivity contribution is 5.97. The van der Waals surface area contributed by atoms with E-state index in [4.69, 9.17) is 0 Å². The van der Waals surface area contributed by atoms with Gasteiger partial charge in [-0.3, -0.25) is 0 Å². The van der Waals surface area contributed by atoms with Gasteiger partial charge in [0, 0.05) is 22.5 Å². The van der Waals surface area contributed by atoms with E-state index in [1.807, 2.05) is 0 Å². The first-order chi connectivity index (χ1) is 33.6. The minimum absolute atomic E-state index is 0.321. The van der Waals surface area contributed by atoms with Crippen LogP contribution in [0.1, 0.15) is 45.9 Å². The molecule has 2 aliphatic carbocycles. The van der Waals surface area contributed by atoms with Crippen LogP contribution in [0.15, 0.2) is 267 Å². The van der Waals surface area contributed by atoms with Crippen LogP contribution in [0.5, 0.6) is 0 Å². The van der Waals surface area contributed by atoms with Gasteiger partial charge < -0.3 is 4.90 Å². The summed E-state index contributed by atoms with van der Waals surface area (Å²) in [5, 5.41) is 2.50. The lowest BCUT2D eigenvalue weighted by Crippen LogP contribution is -2.28. The molecule has 0 fully saturated rings. The largest absolute Gasteiger partial charge is 0.310 e. The summed E-state index contributed by atoms with van der Waals surface area (Å²) in [6.45, 7) is 2.40. The van der Waals surface area contributed by atoms with E-state index in [-0.39, 0.29) is 5.41 Å². The molecule has 0 amide bonds. The van der Waals surface area contributed by atoms with Crippen LogP contribution in [0.4, 0.5) is 17.1 Å². The molecule has 2 aliphatic rings. The molecule has 0 bridgehead atoms. The van der Waals surface area contributed by atoms with E-state index in [0.717, 1.165) is 17.1 Å². The molecule has 320 valence electrons. The zero-order valence-electron chi connectivity index (χ0n) is 37.9. The fourth-order valence-corrected chi connectivity index (χ4v) is 11.8.